The first-order chi connectivity index (χ1) is 12.7. The highest BCUT2D eigenvalue weighted by Gasteiger charge is 2.48. The largest absolute Gasteiger partial charge is 0.481 e. The Bertz CT molecular complexity index is 607. The van der Waals surface area contributed by atoms with E-state index < -0.39 is 5.97 Å². The summed E-state index contributed by atoms with van der Waals surface area (Å²) in [5, 5.41) is 9.08. The predicted molar refractivity (Wildman–Crippen MR) is 101 cm³/mol. The van der Waals surface area contributed by atoms with Crippen molar-refractivity contribution in [1.82, 2.24) is 14.8 Å². The lowest BCUT2D eigenvalue weighted by atomic mass is 9.69. The Balaban J connectivity index is 1.54. The number of carboxylic acid groups (broad SMARTS) is 1. The Hall–Kier alpha value is -1.46. The van der Waals surface area contributed by atoms with Crippen LogP contribution < -0.4 is 0 Å². The van der Waals surface area contributed by atoms with Gasteiger partial charge < -0.3 is 5.11 Å². The van der Waals surface area contributed by atoms with Crippen molar-refractivity contribution in [2.24, 2.45) is 11.8 Å². The molecule has 1 N–H and O–H groups in total. The van der Waals surface area contributed by atoms with Gasteiger partial charge in [0.1, 0.15) is 0 Å². The Morgan fingerprint density at radius 1 is 1.27 bits per heavy atom. The molecule has 142 valence electrons. The Labute approximate surface area is 156 Å². The van der Waals surface area contributed by atoms with E-state index in [2.05, 4.69) is 20.9 Å². The average Bonchev–Trinajstić information content (AvgIpc) is 2.65. The van der Waals surface area contributed by atoms with Crippen LogP contribution in [0.3, 0.4) is 0 Å². The van der Waals surface area contributed by atoms with E-state index in [4.69, 9.17) is 5.11 Å². The van der Waals surface area contributed by atoms with Gasteiger partial charge in [0.25, 0.3) is 0 Å². The third kappa shape index (κ3) is 3.79. The highest BCUT2D eigenvalue weighted by molar-refractivity contribution is 5.66. The molecule has 0 radical (unpaired) electrons. The average molecular weight is 357 g/mol. The van der Waals surface area contributed by atoms with Gasteiger partial charge in [-0.2, -0.15) is 0 Å². The van der Waals surface area contributed by atoms with E-state index >= 15 is 0 Å². The van der Waals surface area contributed by atoms with Gasteiger partial charge in [-0.05, 0) is 75.1 Å². The molecule has 0 bridgehead atoms. The second-order valence-electron chi connectivity index (χ2n) is 8.38. The molecule has 0 saturated carbocycles. The lowest BCUT2D eigenvalue weighted by Gasteiger charge is -2.57. The van der Waals surface area contributed by atoms with Crippen molar-refractivity contribution >= 4 is 5.97 Å². The summed E-state index contributed by atoms with van der Waals surface area (Å²) >= 11 is 0. The van der Waals surface area contributed by atoms with Crippen molar-refractivity contribution in [3.63, 3.8) is 0 Å². The Kier molecular flexibility index (Phi) is 5.55. The summed E-state index contributed by atoms with van der Waals surface area (Å²) in [7, 11) is 0. The molecule has 0 unspecified atom stereocenters. The standard InChI is InChI=1S/C21H31N3O2/c25-20(26)9-1-8-19-18-7-4-12-23-11-3-6-17(21(18)23)15-24(19)14-16-5-2-10-22-13-16/h2,5,10,13,17-19,21H,1,3-4,6-9,11-12,14-15H2,(H,25,26)/t17-,18+,19+,21-/m0/s1. The molecule has 0 spiro atoms. The summed E-state index contributed by atoms with van der Waals surface area (Å²) in [6.45, 7) is 4.64. The minimum atomic E-state index is -0.666. The van der Waals surface area contributed by atoms with Crippen LogP contribution in [0.25, 0.3) is 0 Å². The second kappa shape index (κ2) is 8.05. The van der Waals surface area contributed by atoms with Crippen molar-refractivity contribution in [2.45, 2.75) is 63.6 Å². The van der Waals surface area contributed by atoms with Gasteiger partial charge in [-0.1, -0.05) is 6.07 Å². The number of carbonyl (C=O) groups is 1. The first kappa shape index (κ1) is 17.9. The lowest BCUT2D eigenvalue weighted by molar-refractivity contribution is -0.137. The molecule has 3 aliphatic rings. The molecule has 3 fully saturated rings. The monoisotopic (exact) mass is 357 g/mol. The fourth-order valence-corrected chi connectivity index (χ4v) is 5.85. The maximum absolute atomic E-state index is 11.0. The Morgan fingerprint density at radius 2 is 2.12 bits per heavy atom. The maximum Gasteiger partial charge on any atom is 0.303 e. The predicted octanol–water partition coefficient (Wildman–Crippen LogP) is 3.01. The number of hydrogen-bond donors (Lipinski definition) is 1. The zero-order valence-electron chi connectivity index (χ0n) is 15.6. The number of hydrogen-bond acceptors (Lipinski definition) is 4. The van der Waals surface area contributed by atoms with Crippen molar-refractivity contribution in [3.05, 3.63) is 30.1 Å². The molecule has 4 heterocycles. The summed E-state index contributed by atoms with van der Waals surface area (Å²) < 4.78 is 0. The fourth-order valence-electron chi connectivity index (χ4n) is 5.85. The molecule has 5 heteroatoms. The van der Waals surface area contributed by atoms with Gasteiger partial charge >= 0.3 is 5.97 Å². The van der Waals surface area contributed by atoms with Crippen molar-refractivity contribution < 1.29 is 9.90 Å². The summed E-state index contributed by atoms with van der Waals surface area (Å²) in [6.07, 6.45) is 11.2. The van der Waals surface area contributed by atoms with Crippen LogP contribution in [0, 0.1) is 11.8 Å². The zero-order chi connectivity index (χ0) is 17.9. The van der Waals surface area contributed by atoms with Crippen molar-refractivity contribution in [1.29, 1.82) is 0 Å². The van der Waals surface area contributed by atoms with E-state index in [0.717, 1.165) is 37.9 Å². The number of likely N-dealkylation sites (tertiary alicyclic amines) is 1. The number of aromatic nitrogens is 1. The van der Waals surface area contributed by atoms with Gasteiger partial charge in [0.2, 0.25) is 0 Å². The van der Waals surface area contributed by atoms with Gasteiger partial charge in [-0.3, -0.25) is 19.6 Å². The molecular weight excluding hydrogens is 326 g/mol. The third-order valence-corrected chi connectivity index (χ3v) is 6.78. The molecule has 0 aliphatic carbocycles. The van der Waals surface area contributed by atoms with Crippen LogP contribution in [0.4, 0.5) is 0 Å². The van der Waals surface area contributed by atoms with E-state index in [-0.39, 0.29) is 0 Å². The number of piperidine rings is 3. The molecule has 4 rings (SSSR count). The van der Waals surface area contributed by atoms with Gasteiger partial charge in [-0.25, -0.2) is 0 Å². The van der Waals surface area contributed by atoms with Gasteiger partial charge in [-0.15, -0.1) is 0 Å². The first-order valence-corrected chi connectivity index (χ1v) is 10.3. The highest BCUT2D eigenvalue weighted by Crippen LogP contribution is 2.43. The number of aliphatic carboxylic acids is 1. The van der Waals surface area contributed by atoms with Crippen LogP contribution >= 0.6 is 0 Å². The molecule has 1 aromatic heterocycles. The smallest absolute Gasteiger partial charge is 0.303 e. The minimum Gasteiger partial charge on any atom is -0.481 e. The van der Waals surface area contributed by atoms with Crippen LogP contribution in [0.5, 0.6) is 0 Å². The van der Waals surface area contributed by atoms with Gasteiger partial charge in [0.15, 0.2) is 0 Å². The van der Waals surface area contributed by atoms with Crippen LogP contribution in [-0.4, -0.2) is 57.6 Å². The van der Waals surface area contributed by atoms with Crippen LogP contribution in [-0.2, 0) is 11.3 Å². The quantitative estimate of drug-likeness (QED) is 0.848. The van der Waals surface area contributed by atoms with Gasteiger partial charge in [0.05, 0.1) is 0 Å². The van der Waals surface area contributed by atoms with E-state index in [1.165, 1.54) is 44.3 Å². The molecule has 26 heavy (non-hydrogen) atoms. The SMILES string of the molecule is O=C(O)CCC[C@@H]1[C@H]2CCCN3CCC[C@@H](CN1Cc1cccnc1)[C@@H]23. The van der Waals surface area contributed by atoms with E-state index in [0.29, 0.717) is 18.4 Å². The lowest BCUT2D eigenvalue weighted by Crippen LogP contribution is -2.64. The molecule has 3 aliphatic heterocycles. The zero-order valence-corrected chi connectivity index (χ0v) is 15.6. The molecule has 4 atom stereocenters. The number of nitrogens with zero attached hydrogens (tertiary/aromatic N) is 3. The van der Waals surface area contributed by atoms with Crippen LogP contribution in [0.1, 0.15) is 50.5 Å². The molecular formula is C21H31N3O2. The first-order valence-electron chi connectivity index (χ1n) is 10.3. The third-order valence-electron chi connectivity index (χ3n) is 6.78. The summed E-state index contributed by atoms with van der Waals surface area (Å²) in [5.41, 5.74) is 1.28. The van der Waals surface area contributed by atoms with E-state index in [1.807, 2.05) is 18.5 Å². The fraction of sp³-hybridized carbons (Fsp3) is 0.714. The van der Waals surface area contributed by atoms with E-state index in [1.54, 1.807) is 0 Å². The van der Waals surface area contributed by atoms with Crippen LogP contribution in [0.2, 0.25) is 0 Å². The summed E-state index contributed by atoms with van der Waals surface area (Å²) in [5.74, 6) is 0.815. The van der Waals surface area contributed by atoms with Crippen molar-refractivity contribution in [2.75, 3.05) is 19.6 Å². The van der Waals surface area contributed by atoms with Gasteiger partial charge in [0, 0.05) is 44.0 Å². The molecule has 0 amide bonds. The number of pyridine rings is 1. The maximum atomic E-state index is 11.0. The number of rotatable bonds is 6. The highest BCUT2D eigenvalue weighted by atomic mass is 16.4. The second-order valence-corrected chi connectivity index (χ2v) is 8.38. The Morgan fingerprint density at radius 3 is 2.88 bits per heavy atom. The summed E-state index contributed by atoms with van der Waals surface area (Å²) in [4.78, 5) is 20.7. The molecule has 5 nitrogen and oxygen atoms in total. The molecule has 1 aromatic rings. The molecule has 3 saturated heterocycles. The minimum absolute atomic E-state index is 0.293. The van der Waals surface area contributed by atoms with E-state index in [9.17, 15) is 4.79 Å². The number of carboxylic acids is 1. The topological polar surface area (TPSA) is 56.7 Å². The normalized spacial score (nSPS) is 32.2. The summed E-state index contributed by atoms with van der Waals surface area (Å²) in [6, 6.07) is 5.43. The van der Waals surface area contributed by atoms with Crippen LogP contribution in [0.15, 0.2) is 24.5 Å². The molecule has 0 aromatic carbocycles. The van der Waals surface area contributed by atoms with Crippen molar-refractivity contribution in [3.8, 4) is 0 Å².